The standard InChI is InChI=1S/C12H13BrN2O/c1-14(2)12(16)11-6-8-4-5-9(13)7-10(8)15(11)3/h4-7H,1-3H3. The Morgan fingerprint density at radius 2 is 2.00 bits per heavy atom. The van der Waals surface area contributed by atoms with Gasteiger partial charge in [-0.25, -0.2) is 0 Å². The van der Waals surface area contributed by atoms with E-state index in [1.165, 1.54) is 0 Å². The van der Waals surface area contributed by atoms with Gasteiger partial charge in [-0.05, 0) is 18.2 Å². The van der Waals surface area contributed by atoms with Gasteiger partial charge in [0.1, 0.15) is 5.69 Å². The predicted octanol–water partition coefficient (Wildman–Crippen LogP) is 2.64. The highest BCUT2D eigenvalue weighted by Crippen LogP contribution is 2.23. The van der Waals surface area contributed by atoms with Gasteiger partial charge in [-0.3, -0.25) is 4.79 Å². The molecule has 2 aromatic rings. The second kappa shape index (κ2) is 3.94. The van der Waals surface area contributed by atoms with Crippen LogP contribution in [0, 0.1) is 0 Å². The number of halogens is 1. The summed E-state index contributed by atoms with van der Waals surface area (Å²) in [5.74, 6) is 0.0230. The van der Waals surface area contributed by atoms with Gasteiger partial charge in [0.05, 0.1) is 0 Å². The van der Waals surface area contributed by atoms with E-state index >= 15 is 0 Å². The molecule has 0 saturated carbocycles. The fraction of sp³-hybridized carbons (Fsp3) is 0.250. The average molecular weight is 281 g/mol. The fourth-order valence-corrected chi connectivity index (χ4v) is 2.09. The second-order valence-corrected chi connectivity index (χ2v) is 4.91. The first-order valence-electron chi connectivity index (χ1n) is 4.97. The molecule has 4 heteroatoms. The van der Waals surface area contributed by atoms with Gasteiger partial charge in [0.25, 0.3) is 5.91 Å². The number of carbonyl (C=O) groups is 1. The Balaban J connectivity index is 2.65. The molecule has 2 rings (SSSR count). The summed E-state index contributed by atoms with van der Waals surface area (Å²) in [5, 5.41) is 1.08. The van der Waals surface area contributed by atoms with E-state index in [4.69, 9.17) is 0 Å². The molecule has 3 nitrogen and oxygen atoms in total. The molecular weight excluding hydrogens is 268 g/mol. The normalized spacial score (nSPS) is 10.8. The van der Waals surface area contributed by atoms with Gasteiger partial charge in [0.2, 0.25) is 0 Å². The smallest absolute Gasteiger partial charge is 0.269 e. The number of benzene rings is 1. The van der Waals surface area contributed by atoms with Crippen molar-refractivity contribution in [1.82, 2.24) is 9.47 Å². The first-order valence-corrected chi connectivity index (χ1v) is 5.76. The lowest BCUT2D eigenvalue weighted by molar-refractivity contribution is 0.0819. The molecule has 1 aromatic carbocycles. The summed E-state index contributed by atoms with van der Waals surface area (Å²) in [5.41, 5.74) is 1.76. The summed E-state index contributed by atoms with van der Waals surface area (Å²) in [6.45, 7) is 0. The molecule has 1 heterocycles. The summed E-state index contributed by atoms with van der Waals surface area (Å²) >= 11 is 3.43. The van der Waals surface area contributed by atoms with Crippen LogP contribution in [-0.2, 0) is 7.05 Å². The minimum absolute atomic E-state index is 0.0230. The Kier molecular flexibility index (Phi) is 2.76. The maximum absolute atomic E-state index is 11.9. The molecule has 0 unspecified atom stereocenters. The number of aryl methyl sites for hydroxylation is 1. The van der Waals surface area contributed by atoms with E-state index in [1.54, 1.807) is 19.0 Å². The molecule has 0 N–H and O–H groups in total. The molecule has 1 amide bonds. The third-order valence-corrected chi connectivity index (χ3v) is 3.13. The molecule has 16 heavy (non-hydrogen) atoms. The monoisotopic (exact) mass is 280 g/mol. The topological polar surface area (TPSA) is 25.2 Å². The number of aromatic nitrogens is 1. The van der Waals surface area contributed by atoms with Gasteiger partial charge in [0, 0.05) is 36.5 Å². The third-order valence-electron chi connectivity index (χ3n) is 2.63. The van der Waals surface area contributed by atoms with E-state index in [-0.39, 0.29) is 5.91 Å². The summed E-state index contributed by atoms with van der Waals surface area (Å²) < 4.78 is 2.94. The van der Waals surface area contributed by atoms with Crippen molar-refractivity contribution in [3.05, 3.63) is 34.4 Å². The van der Waals surface area contributed by atoms with E-state index in [0.717, 1.165) is 15.4 Å². The largest absolute Gasteiger partial charge is 0.343 e. The third kappa shape index (κ3) is 1.73. The number of rotatable bonds is 1. The zero-order chi connectivity index (χ0) is 11.9. The Morgan fingerprint density at radius 3 is 2.62 bits per heavy atom. The molecule has 84 valence electrons. The zero-order valence-corrected chi connectivity index (χ0v) is 11.1. The number of amides is 1. The first kappa shape index (κ1) is 11.2. The Bertz CT molecular complexity index is 557. The first-order chi connectivity index (χ1) is 7.50. The van der Waals surface area contributed by atoms with Gasteiger partial charge >= 0.3 is 0 Å². The highest BCUT2D eigenvalue weighted by Gasteiger charge is 2.14. The number of hydrogen-bond acceptors (Lipinski definition) is 1. The van der Waals surface area contributed by atoms with E-state index in [1.807, 2.05) is 35.9 Å². The molecule has 0 bridgehead atoms. The zero-order valence-electron chi connectivity index (χ0n) is 9.49. The van der Waals surface area contributed by atoms with E-state index in [9.17, 15) is 4.79 Å². The molecule has 0 aliphatic carbocycles. The maximum atomic E-state index is 11.9. The van der Waals surface area contributed by atoms with Crippen LogP contribution in [0.2, 0.25) is 0 Å². The van der Waals surface area contributed by atoms with Crippen molar-refractivity contribution in [2.45, 2.75) is 0 Å². The summed E-state index contributed by atoms with van der Waals surface area (Å²) in [7, 11) is 5.43. The van der Waals surface area contributed by atoms with E-state index in [2.05, 4.69) is 15.9 Å². The van der Waals surface area contributed by atoms with E-state index in [0.29, 0.717) is 5.69 Å². The molecular formula is C12H13BrN2O. The molecule has 0 aliphatic rings. The Labute approximate surface area is 103 Å². The predicted molar refractivity (Wildman–Crippen MR) is 68.6 cm³/mol. The minimum Gasteiger partial charge on any atom is -0.343 e. The summed E-state index contributed by atoms with van der Waals surface area (Å²) in [6, 6.07) is 7.92. The number of carbonyl (C=O) groups excluding carboxylic acids is 1. The average Bonchev–Trinajstić information content (AvgIpc) is 2.55. The summed E-state index contributed by atoms with van der Waals surface area (Å²) in [4.78, 5) is 13.5. The van der Waals surface area contributed by atoms with Crippen LogP contribution in [0.25, 0.3) is 10.9 Å². The highest BCUT2D eigenvalue weighted by molar-refractivity contribution is 9.10. The van der Waals surface area contributed by atoms with Crippen LogP contribution in [0.15, 0.2) is 28.7 Å². The maximum Gasteiger partial charge on any atom is 0.269 e. The quantitative estimate of drug-likeness (QED) is 0.789. The highest BCUT2D eigenvalue weighted by atomic mass is 79.9. The van der Waals surface area contributed by atoms with Gasteiger partial charge in [-0.15, -0.1) is 0 Å². The van der Waals surface area contributed by atoms with Crippen molar-refractivity contribution in [2.75, 3.05) is 14.1 Å². The van der Waals surface area contributed by atoms with E-state index < -0.39 is 0 Å². The van der Waals surface area contributed by atoms with Gasteiger partial charge in [-0.2, -0.15) is 0 Å². The number of fused-ring (bicyclic) bond motifs is 1. The van der Waals surface area contributed by atoms with Crippen LogP contribution in [0.3, 0.4) is 0 Å². The van der Waals surface area contributed by atoms with Crippen LogP contribution in [0.1, 0.15) is 10.5 Å². The lowest BCUT2D eigenvalue weighted by atomic mass is 10.2. The second-order valence-electron chi connectivity index (χ2n) is 3.99. The van der Waals surface area contributed by atoms with Gasteiger partial charge in [0.15, 0.2) is 0 Å². The van der Waals surface area contributed by atoms with Crippen molar-refractivity contribution in [2.24, 2.45) is 7.05 Å². The van der Waals surface area contributed by atoms with Gasteiger partial charge in [-0.1, -0.05) is 22.0 Å². The number of hydrogen-bond donors (Lipinski definition) is 0. The molecule has 1 aromatic heterocycles. The molecule has 0 aliphatic heterocycles. The van der Waals surface area contributed by atoms with Gasteiger partial charge < -0.3 is 9.47 Å². The lowest BCUT2D eigenvalue weighted by Gasteiger charge is -2.10. The number of nitrogens with zero attached hydrogens (tertiary/aromatic N) is 2. The van der Waals surface area contributed by atoms with Crippen LogP contribution in [0.5, 0.6) is 0 Å². The molecule has 0 fully saturated rings. The van der Waals surface area contributed by atoms with Crippen molar-refractivity contribution in [1.29, 1.82) is 0 Å². The Hall–Kier alpha value is -1.29. The van der Waals surface area contributed by atoms with Crippen LogP contribution < -0.4 is 0 Å². The van der Waals surface area contributed by atoms with Crippen molar-refractivity contribution < 1.29 is 4.79 Å². The molecule has 0 saturated heterocycles. The van der Waals surface area contributed by atoms with Crippen LogP contribution in [-0.4, -0.2) is 29.5 Å². The molecule has 0 spiro atoms. The molecule has 0 radical (unpaired) electrons. The van der Waals surface area contributed by atoms with Crippen LogP contribution >= 0.6 is 15.9 Å². The summed E-state index contributed by atoms with van der Waals surface area (Å²) in [6.07, 6.45) is 0. The fourth-order valence-electron chi connectivity index (χ4n) is 1.74. The SMILES string of the molecule is CN(C)C(=O)c1cc2ccc(Br)cc2n1C. The molecule has 0 atom stereocenters. The van der Waals surface area contributed by atoms with Crippen molar-refractivity contribution >= 4 is 32.7 Å². The van der Waals surface area contributed by atoms with Crippen LogP contribution in [0.4, 0.5) is 0 Å². The minimum atomic E-state index is 0.0230. The van der Waals surface area contributed by atoms with Crippen molar-refractivity contribution in [3.63, 3.8) is 0 Å². The Morgan fingerprint density at radius 1 is 1.31 bits per heavy atom. The van der Waals surface area contributed by atoms with Crippen molar-refractivity contribution in [3.8, 4) is 0 Å². The lowest BCUT2D eigenvalue weighted by Crippen LogP contribution is -2.23.